The highest BCUT2D eigenvalue weighted by Crippen LogP contribution is 2.22. The molecule has 1 aromatic heterocycles. The van der Waals surface area contributed by atoms with Gasteiger partial charge in [0.1, 0.15) is 22.8 Å². The molecule has 152 valence electrons. The molecule has 0 bridgehead atoms. The number of aryl methyl sites for hydroxylation is 1. The molecule has 0 aliphatic heterocycles. The number of rotatable bonds is 3. The van der Waals surface area contributed by atoms with Gasteiger partial charge in [0.2, 0.25) is 0 Å². The molecule has 0 unspecified atom stereocenters. The maximum absolute atomic E-state index is 14.5. The van der Waals surface area contributed by atoms with E-state index in [1.54, 1.807) is 65.0 Å². The molecule has 0 fully saturated rings. The lowest BCUT2D eigenvalue weighted by atomic mass is 10.1. The molecule has 3 rings (SSSR count). The quantitative estimate of drug-likeness (QED) is 0.710. The number of carbonyl (C=O) groups excluding carboxylic acids is 1. The van der Waals surface area contributed by atoms with Gasteiger partial charge in [0.15, 0.2) is 0 Å². The van der Waals surface area contributed by atoms with Crippen molar-refractivity contribution in [2.45, 2.75) is 46.3 Å². The zero-order valence-electron chi connectivity index (χ0n) is 17.1. The highest BCUT2D eigenvalue weighted by Gasteiger charge is 2.24. The number of ether oxygens (including phenoxy) is 1. The summed E-state index contributed by atoms with van der Waals surface area (Å²) in [5.74, 6) is -0.377. The van der Waals surface area contributed by atoms with Gasteiger partial charge in [-0.3, -0.25) is 9.36 Å². The topological polar surface area (TPSA) is 73.2 Å². The molecule has 0 radical (unpaired) electrons. The molecule has 0 spiro atoms. The minimum absolute atomic E-state index is 0.0185. The predicted octanol–water partition coefficient (Wildman–Crippen LogP) is 4.42. The van der Waals surface area contributed by atoms with E-state index in [0.717, 1.165) is 0 Å². The fourth-order valence-corrected chi connectivity index (χ4v) is 3.09. The normalized spacial score (nSPS) is 12.6. The summed E-state index contributed by atoms with van der Waals surface area (Å²) in [6.07, 6.45) is -0.649. The molecule has 0 saturated heterocycles. The fraction of sp³-hybridized carbons (Fsp3) is 0.318. The number of fused-ring (bicyclic) bond motifs is 1. The maximum atomic E-state index is 14.5. The van der Waals surface area contributed by atoms with Crippen molar-refractivity contribution < 1.29 is 13.9 Å². The van der Waals surface area contributed by atoms with Crippen molar-refractivity contribution in [3.05, 3.63) is 70.0 Å². The van der Waals surface area contributed by atoms with Crippen molar-refractivity contribution in [3.63, 3.8) is 0 Å². The Morgan fingerprint density at radius 1 is 1.17 bits per heavy atom. The molecule has 1 atom stereocenters. The van der Waals surface area contributed by atoms with Crippen LogP contribution in [0.1, 0.15) is 45.1 Å². The van der Waals surface area contributed by atoms with Crippen LogP contribution < -0.4 is 10.9 Å². The van der Waals surface area contributed by atoms with E-state index >= 15 is 0 Å². The number of nitrogens with one attached hydrogen (secondary N) is 1. The van der Waals surface area contributed by atoms with E-state index < -0.39 is 29.1 Å². The number of aromatic nitrogens is 2. The molecule has 6 nitrogen and oxygen atoms in total. The third kappa shape index (κ3) is 4.29. The standard InChI is InChI=1S/C22H24FN3O3/c1-13-11-12-16(23)18-17(13)20(27)26(15-9-7-6-8-10-15)19(25-18)14(2)24-21(28)29-22(3,4)5/h6-12,14H,1-5H3,(H,24,28)/t14-/m0/s1. The second kappa shape index (κ2) is 7.66. The summed E-state index contributed by atoms with van der Waals surface area (Å²) in [7, 11) is 0. The largest absolute Gasteiger partial charge is 0.444 e. The van der Waals surface area contributed by atoms with Crippen molar-refractivity contribution in [1.82, 2.24) is 14.9 Å². The summed E-state index contributed by atoms with van der Waals surface area (Å²) in [6.45, 7) is 8.67. The Morgan fingerprint density at radius 3 is 2.45 bits per heavy atom. The van der Waals surface area contributed by atoms with Crippen LogP contribution in [0.5, 0.6) is 0 Å². The number of benzene rings is 2. The van der Waals surface area contributed by atoms with Crippen LogP contribution in [0.25, 0.3) is 16.6 Å². The molecule has 1 N–H and O–H groups in total. The zero-order chi connectivity index (χ0) is 21.3. The third-order valence-corrected chi connectivity index (χ3v) is 4.34. The number of amides is 1. The first-order chi connectivity index (χ1) is 13.6. The van der Waals surface area contributed by atoms with E-state index in [9.17, 15) is 14.0 Å². The molecule has 0 saturated carbocycles. The first-order valence-corrected chi connectivity index (χ1v) is 9.35. The SMILES string of the molecule is Cc1ccc(F)c2nc([C@H](C)NC(=O)OC(C)(C)C)n(-c3ccccc3)c(=O)c12. The van der Waals surface area contributed by atoms with Gasteiger partial charge in [-0.15, -0.1) is 0 Å². The van der Waals surface area contributed by atoms with Crippen LogP contribution in [0.15, 0.2) is 47.3 Å². The average Bonchev–Trinajstić information content (AvgIpc) is 2.63. The van der Waals surface area contributed by atoms with Crippen LogP contribution in [0.4, 0.5) is 9.18 Å². The van der Waals surface area contributed by atoms with Crippen LogP contribution in [0.2, 0.25) is 0 Å². The van der Waals surface area contributed by atoms with Crippen LogP contribution >= 0.6 is 0 Å². The van der Waals surface area contributed by atoms with Gasteiger partial charge in [0.25, 0.3) is 5.56 Å². The number of para-hydroxylation sites is 1. The Hall–Kier alpha value is -3.22. The average molecular weight is 397 g/mol. The summed E-state index contributed by atoms with van der Waals surface area (Å²) < 4.78 is 21.2. The second-order valence-corrected chi connectivity index (χ2v) is 7.90. The van der Waals surface area contributed by atoms with Crippen molar-refractivity contribution >= 4 is 17.0 Å². The van der Waals surface area contributed by atoms with E-state index in [1.807, 2.05) is 6.07 Å². The summed E-state index contributed by atoms with van der Waals surface area (Å²) in [5, 5.41) is 2.89. The summed E-state index contributed by atoms with van der Waals surface area (Å²) in [6, 6.07) is 11.1. The highest BCUT2D eigenvalue weighted by molar-refractivity contribution is 5.82. The van der Waals surface area contributed by atoms with Crippen LogP contribution in [0.3, 0.4) is 0 Å². The van der Waals surface area contributed by atoms with Crippen molar-refractivity contribution in [2.75, 3.05) is 0 Å². The minimum atomic E-state index is -0.706. The maximum Gasteiger partial charge on any atom is 0.408 e. The molecule has 0 aliphatic rings. The van der Waals surface area contributed by atoms with E-state index in [-0.39, 0.29) is 16.7 Å². The lowest BCUT2D eigenvalue weighted by molar-refractivity contribution is 0.0505. The fourth-order valence-electron chi connectivity index (χ4n) is 3.09. The number of hydrogen-bond acceptors (Lipinski definition) is 4. The van der Waals surface area contributed by atoms with Crippen LogP contribution in [0, 0.1) is 12.7 Å². The van der Waals surface area contributed by atoms with Gasteiger partial charge in [0.05, 0.1) is 17.1 Å². The molecular weight excluding hydrogens is 373 g/mol. The highest BCUT2D eigenvalue weighted by atomic mass is 19.1. The molecule has 2 aromatic carbocycles. The minimum Gasteiger partial charge on any atom is -0.444 e. The Kier molecular flexibility index (Phi) is 5.42. The molecule has 29 heavy (non-hydrogen) atoms. The Labute approximate surface area is 168 Å². The predicted molar refractivity (Wildman–Crippen MR) is 110 cm³/mol. The number of carbonyl (C=O) groups is 1. The zero-order valence-corrected chi connectivity index (χ0v) is 17.1. The summed E-state index contributed by atoms with van der Waals surface area (Å²) in [4.78, 5) is 30.0. The molecular formula is C22H24FN3O3. The Balaban J connectivity index is 2.21. The monoisotopic (exact) mass is 397 g/mol. The van der Waals surface area contributed by atoms with E-state index in [0.29, 0.717) is 11.3 Å². The Morgan fingerprint density at radius 2 is 1.83 bits per heavy atom. The Bertz CT molecular complexity index is 1120. The number of nitrogens with zero attached hydrogens (tertiary/aromatic N) is 2. The number of halogens is 1. The summed E-state index contributed by atoms with van der Waals surface area (Å²) >= 11 is 0. The van der Waals surface area contributed by atoms with E-state index in [1.165, 1.54) is 10.6 Å². The van der Waals surface area contributed by atoms with Gasteiger partial charge < -0.3 is 10.1 Å². The van der Waals surface area contributed by atoms with Gasteiger partial charge >= 0.3 is 6.09 Å². The lowest BCUT2D eigenvalue weighted by Crippen LogP contribution is -2.37. The molecule has 7 heteroatoms. The summed E-state index contributed by atoms with van der Waals surface area (Å²) in [5.41, 5.74) is 0.107. The molecule has 0 aliphatic carbocycles. The van der Waals surface area contributed by atoms with Gasteiger partial charge in [-0.2, -0.15) is 0 Å². The molecule has 3 aromatic rings. The first-order valence-electron chi connectivity index (χ1n) is 9.35. The smallest absolute Gasteiger partial charge is 0.408 e. The van der Waals surface area contributed by atoms with Gasteiger partial charge in [-0.05, 0) is 58.4 Å². The van der Waals surface area contributed by atoms with Gasteiger partial charge in [0, 0.05) is 0 Å². The van der Waals surface area contributed by atoms with E-state index in [2.05, 4.69) is 10.3 Å². The van der Waals surface area contributed by atoms with Crippen LogP contribution in [-0.4, -0.2) is 21.2 Å². The van der Waals surface area contributed by atoms with Crippen molar-refractivity contribution in [1.29, 1.82) is 0 Å². The lowest BCUT2D eigenvalue weighted by Gasteiger charge is -2.23. The third-order valence-electron chi connectivity index (χ3n) is 4.34. The van der Waals surface area contributed by atoms with Gasteiger partial charge in [-0.1, -0.05) is 24.3 Å². The van der Waals surface area contributed by atoms with Crippen LogP contribution in [-0.2, 0) is 4.74 Å². The second-order valence-electron chi connectivity index (χ2n) is 7.90. The number of alkyl carbamates (subject to hydrolysis) is 1. The first kappa shape index (κ1) is 20.5. The van der Waals surface area contributed by atoms with Crippen molar-refractivity contribution in [2.24, 2.45) is 0 Å². The molecule has 1 amide bonds. The molecule has 1 heterocycles. The number of hydrogen-bond donors (Lipinski definition) is 1. The van der Waals surface area contributed by atoms with E-state index in [4.69, 9.17) is 4.74 Å². The van der Waals surface area contributed by atoms with Crippen molar-refractivity contribution in [3.8, 4) is 5.69 Å². The van der Waals surface area contributed by atoms with Gasteiger partial charge in [-0.25, -0.2) is 14.2 Å².